The maximum atomic E-state index is 6.14. The molecule has 2 aromatic rings. The number of hydrogen-bond donors (Lipinski definition) is 1. The van der Waals surface area contributed by atoms with Crippen LogP contribution in [0.3, 0.4) is 0 Å². The van der Waals surface area contributed by atoms with Gasteiger partial charge >= 0.3 is 0 Å². The van der Waals surface area contributed by atoms with Crippen molar-refractivity contribution in [3.05, 3.63) is 41.5 Å². The lowest BCUT2D eigenvalue weighted by Crippen LogP contribution is -2.39. The normalized spacial score (nSPS) is 20.6. The molecule has 0 saturated heterocycles. The van der Waals surface area contributed by atoms with Gasteiger partial charge in [-0.2, -0.15) is 4.98 Å². The van der Waals surface area contributed by atoms with E-state index in [9.17, 15) is 0 Å². The Hall–Kier alpha value is -1.37. The van der Waals surface area contributed by atoms with Gasteiger partial charge < -0.3 is 15.0 Å². The first-order valence-electron chi connectivity index (χ1n) is 6.45. The molecule has 0 radical (unpaired) electrons. The predicted octanol–water partition coefficient (Wildman–Crippen LogP) is 2.13. The van der Waals surface area contributed by atoms with Crippen molar-refractivity contribution in [1.29, 1.82) is 0 Å². The van der Waals surface area contributed by atoms with Crippen LogP contribution in [0.2, 0.25) is 0 Å². The van der Waals surface area contributed by atoms with E-state index < -0.39 is 5.54 Å². The second kappa shape index (κ2) is 5.20. The van der Waals surface area contributed by atoms with Gasteiger partial charge in [-0.1, -0.05) is 23.4 Å². The number of thioether (sulfide) groups is 1. The molecule has 1 aromatic heterocycles. The predicted molar refractivity (Wildman–Crippen MR) is 76.7 cm³/mol. The van der Waals surface area contributed by atoms with E-state index in [0.29, 0.717) is 18.3 Å². The second-order valence-corrected chi connectivity index (χ2v) is 6.27. The molecular formula is C14H17N3O2S. The minimum atomic E-state index is -0.734. The van der Waals surface area contributed by atoms with Crippen LogP contribution >= 0.6 is 11.8 Å². The summed E-state index contributed by atoms with van der Waals surface area (Å²) < 4.78 is 10.5. The van der Waals surface area contributed by atoms with Gasteiger partial charge in [-0.25, -0.2) is 0 Å². The van der Waals surface area contributed by atoms with Crippen molar-refractivity contribution < 1.29 is 9.26 Å². The van der Waals surface area contributed by atoms with E-state index in [1.165, 1.54) is 10.5 Å². The van der Waals surface area contributed by atoms with Crippen LogP contribution in [-0.4, -0.2) is 29.6 Å². The van der Waals surface area contributed by atoms with Gasteiger partial charge in [0, 0.05) is 17.8 Å². The minimum Gasteiger partial charge on any atom is -0.382 e. The summed E-state index contributed by atoms with van der Waals surface area (Å²) >= 11 is 1.81. The topological polar surface area (TPSA) is 74.2 Å². The Balaban J connectivity index is 1.89. The number of nitrogens with zero attached hydrogens (tertiary/aromatic N) is 2. The highest BCUT2D eigenvalue weighted by atomic mass is 32.2. The standard InChI is InChI=1S/C14H17N3O2S/c1-14(15,8-18-2)13-16-12(19-17-13)10-7-20-11-6-4-3-5-9(10)11/h3-6,10H,7-8,15H2,1-2H3. The third-order valence-electron chi connectivity index (χ3n) is 3.39. The summed E-state index contributed by atoms with van der Waals surface area (Å²) in [5, 5.41) is 4.02. The first-order valence-corrected chi connectivity index (χ1v) is 7.44. The molecule has 1 aliphatic rings. The summed E-state index contributed by atoms with van der Waals surface area (Å²) in [5.74, 6) is 2.19. The Morgan fingerprint density at radius 2 is 2.30 bits per heavy atom. The van der Waals surface area contributed by atoms with Gasteiger partial charge in [-0.15, -0.1) is 11.8 Å². The summed E-state index contributed by atoms with van der Waals surface area (Å²) in [6.45, 7) is 2.18. The third-order valence-corrected chi connectivity index (χ3v) is 4.58. The average molecular weight is 291 g/mol. The quantitative estimate of drug-likeness (QED) is 0.930. The number of ether oxygens (including phenoxy) is 1. The van der Waals surface area contributed by atoms with Crippen molar-refractivity contribution in [1.82, 2.24) is 10.1 Å². The van der Waals surface area contributed by atoms with E-state index in [-0.39, 0.29) is 5.92 Å². The van der Waals surface area contributed by atoms with E-state index in [0.717, 1.165) is 5.75 Å². The third kappa shape index (κ3) is 2.34. The molecule has 5 nitrogen and oxygen atoms in total. The number of hydrogen-bond acceptors (Lipinski definition) is 6. The molecule has 20 heavy (non-hydrogen) atoms. The van der Waals surface area contributed by atoms with Crippen molar-refractivity contribution in [2.24, 2.45) is 5.73 Å². The highest BCUT2D eigenvalue weighted by molar-refractivity contribution is 7.99. The van der Waals surface area contributed by atoms with Crippen LogP contribution in [0.4, 0.5) is 0 Å². The van der Waals surface area contributed by atoms with E-state index in [2.05, 4.69) is 22.3 Å². The van der Waals surface area contributed by atoms with Crippen molar-refractivity contribution in [2.75, 3.05) is 19.5 Å². The molecule has 3 rings (SSSR count). The summed E-state index contributed by atoms with van der Waals surface area (Å²) in [4.78, 5) is 5.77. The van der Waals surface area contributed by atoms with Crippen LogP contribution < -0.4 is 5.73 Å². The van der Waals surface area contributed by atoms with Crippen molar-refractivity contribution in [3.63, 3.8) is 0 Å². The van der Waals surface area contributed by atoms with E-state index in [4.69, 9.17) is 15.0 Å². The molecule has 1 aliphatic heterocycles. The molecule has 106 valence electrons. The minimum absolute atomic E-state index is 0.149. The fraction of sp³-hybridized carbons (Fsp3) is 0.429. The number of methoxy groups -OCH3 is 1. The first-order chi connectivity index (χ1) is 9.62. The molecule has 0 spiro atoms. The Morgan fingerprint density at radius 1 is 1.50 bits per heavy atom. The SMILES string of the molecule is COCC(C)(N)c1noc(C2CSc3ccccc32)n1. The lowest BCUT2D eigenvalue weighted by Gasteiger charge is -2.18. The molecule has 0 saturated carbocycles. The van der Waals surface area contributed by atoms with Crippen molar-refractivity contribution in [2.45, 2.75) is 23.3 Å². The Kier molecular flexibility index (Phi) is 3.54. The molecule has 0 bridgehead atoms. The number of nitrogens with two attached hydrogens (primary N) is 1. The summed E-state index contributed by atoms with van der Waals surface area (Å²) in [7, 11) is 1.61. The molecule has 0 fully saturated rings. The molecular weight excluding hydrogens is 274 g/mol. The molecule has 2 heterocycles. The number of aromatic nitrogens is 2. The maximum absolute atomic E-state index is 6.14. The first kappa shape index (κ1) is 13.6. The Labute approximate surface area is 121 Å². The van der Waals surface area contributed by atoms with Gasteiger partial charge in [-0.3, -0.25) is 0 Å². The van der Waals surface area contributed by atoms with Gasteiger partial charge in [0.2, 0.25) is 5.89 Å². The second-order valence-electron chi connectivity index (χ2n) is 5.21. The lowest BCUT2D eigenvalue weighted by atomic mass is 10.0. The van der Waals surface area contributed by atoms with Crippen LogP contribution in [0.5, 0.6) is 0 Å². The smallest absolute Gasteiger partial charge is 0.235 e. The largest absolute Gasteiger partial charge is 0.382 e. The molecule has 1 aromatic carbocycles. The zero-order valence-corrected chi connectivity index (χ0v) is 12.3. The van der Waals surface area contributed by atoms with Crippen LogP contribution in [0, 0.1) is 0 Å². The fourth-order valence-electron chi connectivity index (χ4n) is 2.34. The average Bonchev–Trinajstić information content (AvgIpc) is 3.05. The molecule has 2 unspecified atom stereocenters. The van der Waals surface area contributed by atoms with Gasteiger partial charge in [0.15, 0.2) is 5.82 Å². The van der Waals surface area contributed by atoms with Crippen LogP contribution in [-0.2, 0) is 10.3 Å². The molecule has 0 aliphatic carbocycles. The Morgan fingerprint density at radius 3 is 3.10 bits per heavy atom. The monoisotopic (exact) mass is 291 g/mol. The number of fused-ring (bicyclic) bond motifs is 1. The zero-order chi connectivity index (χ0) is 14.2. The number of benzene rings is 1. The van der Waals surface area contributed by atoms with Gasteiger partial charge in [0.05, 0.1) is 12.5 Å². The summed E-state index contributed by atoms with van der Waals surface area (Å²) in [6.07, 6.45) is 0. The van der Waals surface area contributed by atoms with Crippen molar-refractivity contribution in [3.8, 4) is 0 Å². The fourth-order valence-corrected chi connectivity index (χ4v) is 3.56. The molecule has 6 heteroatoms. The Bertz CT molecular complexity index is 612. The number of rotatable bonds is 4. The van der Waals surface area contributed by atoms with E-state index in [1.54, 1.807) is 7.11 Å². The van der Waals surface area contributed by atoms with Crippen LogP contribution in [0.1, 0.15) is 30.1 Å². The summed E-state index contributed by atoms with van der Waals surface area (Å²) in [6, 6.07) is 8.31. The van der Waals surface area contributed by atoms with Crippen molar-refractivity contribution >= 4 is 11.8 Å². The summed E-state index contributed by atoms with van der Waals surface area (Å²) in [5.41, 5.74) is 6.65. The van der Waals surface area contributed by atoms with Gasteiger partial charge in [-0.05, 0) is 18.6 Å². The maximum Gasteiger partial charge on any atom is 0.235 e. The highest BCUT2D eigenvalue weighted by Gasteiger charge is 2.32. The van der Waals surface area contributed by atoms with Crippen LogP contribution in [0.25, 0.3) is 0 Å². The van der Waals surface area contributed by atoms with Gasteiger partial charge in [0.1, 0.15) is 5.54 Å². The molecule has 0 amide bonds. The zero-order valence-electron chi connectivity index (χ0n) is 11.5. The van der Waals surface area contributed by atoms with E-state index >= 15 is 0 Å². The van der Waals surface area contributed by atoms with Crippen LogP contribution in [0.15, 0.2) is 33.7 Å². The molecule has 2 N–H and O–H groups in total. The highest BCUT2D eigenvalue weighted by Crippen LogP contribution is 2.42. The molecule has 2 atom stereocenters. The lowest BCUT2D eigenvalue weighted by molar-refractivity contribution is 0.135. The van der Waals surface area contributed by atoms with E-state index in [1.807, 2.05) is 30.8 Å². The van der Waals surface area contributed by atoms with Gasteiger partial charge in [0.25, 0.3) is 0 Å².